The van der Waals surface area contributed by atoms with Crippen LogP contribution in [0.3, 0.4) is 0 Å². The van der Waals surface area contributed by atoms with E-state index in [2.05, 4.69) is 51.8 Å². The first kappa shape index (κ1) is 15.1. The van der Waals surface area contributed by atoms with E-state index in [1.807, 2.05) is 0 Å². The van der Waals surface area contributed by atoms with Gasteiger partial charge in [0.25, 0.3) is 0 Å². The van der Waals surface area contributed by atoms with Gasteiger partial charge in [0, 0.05) is 0 Å². The van der Waals surface area contributed by atoms with E-state index in [9.17, 15) is 0 Å². The summed E-state index contributed by atoms with van der Waals surface area (Å²) in [4.78, 5) is 0. The number of hydrogen-bond acceptors (Lipinski definition) is 0. The van der Waals surface area contributed by atoms with Crippen molar-refractivity contribution in [2.75, 3.05) is 0 Å². The molecule has 0 heterocycles. The topological polar surface area (TPSA) is 0 Å². The summed E-state index contributed by atoms with van der Waals surface area (Å²) in [5.74, 6) is 24.0. The zero-order valence-electron chi connectivity index (χ0n) is 10.9. The number of rotatable bonds is 3. The third-order valence-corrected chi connectivity index (χ3v) is 163. The van der Waals surface area contributed by atoms with Gasteiger partial charge in [0.1, 0.15) is 0 Å². The molecule has 0 unspecified atom stereocenters. The normalized spacial score (nSPS) is 15.2. The van der Waals surface area contributed by atoms with E-state index in [4.69, 9.17) is 0 Å². The summed E-state index contributed by atoms with van der Waals surface area (Å²) in [7, 11) is 0. The van der Waals surface area contributed by atoms with Crippen molar-refractivity contribution < 1.29 is 0 Å². The summed E-state index contributed by atoms with van der Waals surface area (Å²) in [6, 6.07) is 0. The van der Waals surface area contributed by atoms with Crippen molar-refractivity contribution in [1.29, 1.82) is 0 Å². The van der Waals surface area contributed by atoms with Crippen LogP contribution < -0.4 is 0 Å². The molecule has 0 saturated heterocycles. The van der Waals surface area contributed by atoms with Gasteiger partial charge in [-0.2, -0.15) is 0 Å². The Morgan fingerprint density at radius 3 is 0.615 bits per heavy atom. The van der Waals surface area contributed by atoms with Gasteiger partial charge in [0.15, 0.2) is 0 Å². The summed E-state index contributed by atoms with van der Waals surface area (Å²) in [6.45, 7) is 0. The van der Waals surface area contributed by atoms with Crippen molar-refractivity contribution in [3.05, 3.63) is 0 Å². The third-order valence-electron chi connectivity index (χ3n) is 2.01. The van der Waals surface area contributed by atoms with Crippen LogP contribution in [0.4, 0.5) is 0 Å². The van der Waals surface area contributed by atoms with E-state index >= 15 is 0 Å². The van der Waals surface area contributed by atoms with Crippen LogP contribution in [0.25, 0.3) is 0 Å². The van der Waals surface area contributed by atoms with Crippen molar-refractivity contribution in [2.24, 2.45) is 0 Å². The van der Waals surface area contributed by atoms with E-state index in [0.717, 1.165) is 0 Å². The van der Waals surface area contributed by atoms with Gasteiger partial charge in [-0.15, -0.1) is 0 Å². The molecule has 0 saturated carbocycles. The molecule has 4 heteroatoms. The van der Waals surface area contributed by atoms with Gasteiger partial charge >= 0.3 is 94.0 Å². The van der Waals surface area contributed by atoms with Crippen molar-refractivity contribution >= 4 is 42.2 Å². The first-order valence-corrected chi connectivity index (χ1v) is 33.8. The second-order valence-electron chi connectivity index (χ2n) is 6.85. The first-order chi connectivity index (χ1) is 5.37. The van der Waals surface area contributed by atoms with Crippen LogP contribution in [0.1, 0.15) is 0 Å². The van der Waals surface area contributed by atoms with Crippen LogP contribution in [0.15, 0.2) is 0 Å². The molecule has 0 aromatic rings. The Kier molecular flexibility index (Phi) is 5.22. The zero-order valence-corrected chi connectivity index (χ0v) is 18.1. The Morgan fingerprint density at radius 2 is 0.615 bits per heavy atom. The van der Waals surface area contributed by atoms with Crippen LogP contribution >= 0.6 is 3.76 Å². The summed E-state index contributed by atoms with van der Waals surface area (Å²) in [5.41, 5.74) is 0. The molecule has 0 rings (SSSR count). The molecule has 0 N–H and O–H groups in total. The van der Waals surface area contributed by atoms with Crippen LogP contribution in [0, 0.1) is 0 Å². The van der Waals surface area contributed by atoms with E-state index in [-0.39, 0.29) is 0 Å². The van der Waals surface area contributed by atoms with Crippen molar-refractivity contribution in [3.63, 3.8) is 0 Å². The summed E-state index contributed by atoms with van der Waals surface area (Å²) < 4.78 is 0.579. The van der Waals surface area contributed by atoms with E-state index in [1.54, 1.807) is 0 Å². The van der Waals surface area contributed by atoms with Gasteiger partial charge in [-0.3, -0.25) is 0 Å². The molecule has 0 aromatic carbocycles. The average Bonchev–Trinajstić information content (AvgIpc) is 1.44. The predicted octanol–water partition coefficient (Wildman–Crippen LogP) is 4.97. The predicted molar refractivity (Wildman–Crippen MR) is 77.0 cm³/mol. The van der Waals surface area contributed by atoms with Gasteiger partial charge in [-0.1, -0.05) is 0 Å². The zero-order chi connectivity index (χ0) is 11.1. The van der Waals surface area contributed by atoms with Gasteiger partial charge in [-0.05, 0) is 0 Å². The molecule has 0 atom stereocenters. The molecule has 0 aliphatic rings. The van der Waals surface area contributed by atoms with Crippen LogP contribution in [-0.4, -0.2) is 38.4 Å². The molecule has 0 spiro atoms. The van der Waals surface area contributed by atoms with Gasteiger partial charge in [0.05, 0.1) is 0 Å². The van der Waals surface area contributed by atoms with Gasteiger partial charge in [0.2, 0.25) is 0 Å². The molecule has 0 bridgehead atoms. The first-order valence-electron chi connectivity index (χ1n) is 5.17. The summed E-state index contributed by atoms with van der Waals surface area (Å²) in [5, 5.41) is 0. The molecule has 0 radical (unpaired) electrons. The monoisotopic (exact) mass is 388 g/mol. The van der Waals surface area contributed by atoms with Gasteiger partial charge in [-0.25, -0.2) is 0 Å². The van der Waals surface area contributed by atoms with Crippen LogP contribution in [0.5, 0.6) is 0 Å². The molecule has 0 amide bonds. The Bertz CT molecular complexity index is 137. The molecular formula is C9H27Ge3P. The molecule has 0 nitrogen and oxygen atoms in total. The molecule has 13 heavy (non-hydrogen) atoms. The number of hydrogen-bond donors (Lipinski definition) is 0. The standard InChI is InChI=1S/C9H27Ge3P/c1-10(2,3)13(11(4,5)6)12(7,8)9/h1-9H3. The summed E-state index contributed by atoms with van der Waals surface area (Å²) >= 11 is -3.99. The minimum absolute atomic E-state index is 0.579. The van der Waals surface area contributed by atoms with Crippen LogP contribution in [0.2, 0.25) is 51.8 Å². The fourth-order valence-electron chi connectivity index (χ4n) is 3.02. The molecule has 80 valence electrons. The van der Waals surface area contributed by atoms with Crippen LogP contribution in [-0.2, 0) is 0 Å². The molecule has 0 aromatic heterocycles. The molecule has 0 fully saturated rings. The third kappa shape index (κ3) is 5.08. The van der Waals surface area contributed by atoms with Crippen molar-refractivity contribution in [1.82, 2.24) is 0 Å². The molecule has 0 aliphatic heterocycles. The van der Waals surface area contributed by atoms with Crippen molar-refractivity contribution in [2.45, 2.75) is 51.8 Å². The summed E-state index contributed by atoms with van der Waals surface area (Å²) in [6.07, 6.45) is 0. The van der Waals surface area contributed by atoms with E-state index in [0.29, 0.717) is 3.76 Å². The average molecular weight is 384 g/mol. The fraction of sp³-hybridized carbons (Fsp3) is 1.00. The van der Waals surface area contributed by atoms with Crippen molar-refractivity contribution in [3.8, 4) is 0 Å². The maximum atomic E-state index is 2.67. The second-order valence-corrected chi connectivity index (χ2v) is 81.9. The Hall–Kier alpha value is 2.06. The minimum atomic E-state index is -1.33. The van der Waals surface area contributed by atoms with Gasteiger partial charge < -0.3 is 0 Å². The Morgan fingerprint density at radius 1 is 0.462 bits per heavy atom. The molecular weight excluding hydrogens is 357 g/mol. The second kappa shape index (κ2) is 4.51. The SMILES string of the molecule is [CH3][Ge]([CH3])([CH3])[P]([Ge]([CH3])([CH3])[CH3])[Ge]([CH3])([CH3])[CH3]. The van der Waals surface area contributed by atoms with E-state index in [1.165, 1.54) is 0 Å². The Labute approximate surface area is 93.2 Å². The van der Waals surface area contributed by atoms with E-state index < -0.39 is 38.4 Å². The maximum absolute atomic E-state index is 2.67. The fourth-order valence-corrected chi connectivity index (χ4v) is 245. The quantitative estimate of drug-likeness (QED) is 0.476. The molecule has 0 aliphatic carbocycles. The Balaban J connectivity index is 5.02.